The van der Waals surface area contributed by atoms with Gasteiger partial charge in [-0.15, -0.1) is 0 Å². The summed E-state index contributed by atoms with van der Waals surface area (Å²) in [6.07, 6.45) is 1.64. The molecule has 0 aliphatic carbocycles. The normalized spacial score (nSPS) is 14.7. The summed E-state index contributed by atoms with van der Waals surface area (Å²) >= 11 is 0. The van der Waals surface area contributed by atoms with Gasteiger partial charge in [-0.3, -0.25) is 4.98 Å². The van der Waals surface area contributed by atoms with Gasteiger partial charge in [-0.05, 0) is 30.2 Å². The minimum Gasteiger partial charge on any atom is -0.465 e. The molecule has 6 heteroatoms. The van der Waals surface area contributed by atoms with Gasteiger partial charge >= 0.3 is 5.97 Å². The van der Waals surface area contributed by atoms with Gasteiger partial charge in [0, 0.05) is 18.4 Å². The fourth-order valence-corrected chi connectivity index (χ4v) is 3.25. The molecule has 0 spiro atoms. The Bertz CT molecular complexity index is 919. The molecule has 2 aromatic heterocycles. The number of benzene rings is 1. The van der Waals surface area contributed by atoms with Crippen LogP contribution >= 0.6 is 0 Å². The number of aliphatic hydroxyl groups excluding tert-OH is 1. The molecule has 1 aromatic carbocycles. The van der Waals surface area contributed by atoms with E-state index in [0.717, 1.165) is 18.7 Å². The SMILES string of the molecule is COC(=O)c1ccnc2cc(C(O)N3CCc4ccccc43)[nH]c12. The molecule has 0 saturated carbocycles. The molecule has 0 saturated heterocycles. The molecule has 1 aliphatic rings. The molecule has 2 N–H and O–H groups in total. The molecule has 0 radical (unpaired) electrons. The van der Waals surface area contributed by atoms with E-state index in [1.54, 1.807) is 18.3 Å². The Morgan fingerprint density at radius 2 is 2.21 bits per heavy atom. The van der Waals surface area contributed by atoms with Crippen LogP contribution in [-0.4, -0.2) is 34.7 Å². The van der Waals surface area contributed by atoms with Crippen molar-refractivity contribution >= 4 is 22.7 Å². The lowest BCUT2D eigenvalue weighted by atomic mass is 10.2. The molecule has 1 atom stereocenters. The summed E-state index contributed by atoms with van der Waals surface area (Å²) in [5.41, 5.74) is 4.46. The third-order valence-corrected chi connectivity index (χ3v) is 4.44. The average Bonchev–Trinajstić information content (AvgIpc) is 3.24. The Morgan fingerprint density at radius 1 is 1.38 bits per heavy atom. The molecule has 0 fully saturated rings. The Morgan fingerprint density at radius 3 is 3.04 bits per heavy atom. The molecule has 122 valence electrons. The number of aromatic amines is 1. The van der Waals surface area contributed by atoms with E-state index in [4.69, 9.17) is 4.74 Å². The van der Waals surface area contributed by atoms with E-state index < -0.39 is 12.2 Å². The number of para-hydroxylation sites is 1. The van der Waals surface area contributed by atoms with E-state index >= 15 is 0 Å². The van der Waals surface area contributed by atoms with Crippen LogP contribution < -0.4 is 4.90 Å². The number of H-pyrrole nitrogens is 1. The first-order valence-corrected chi connectivity index (χ1v) is 7.77. The second-order valence-corrected chi connectivity index (χ2v) is 5.78. The van der Waals surface area contributed by atoms with Crippen LogP contribution in [0.5, 0.6) is 0 Å². The number of carbonyl (C=O) groups excluding carboxylic acids is 1. The van der Waals surface area contributed by atoms with Gasteiger partial charge in [0.2, 0.25) is 0 Å². The number of aliphatic hydroxyl groups is 1. The maximum Gasteiger partial charge on any atom is 0.340 e. The van der Waals surface area contributed by atoms with Crippen LogP contribution in [0.25, 0.3) is 11.0 Å². The monoisotopic (exact) mass is 323 g/mol. The van der Waals surface area contributed by atoms with Gasteiger partial charge in [0.25, 0.3) is 0 Å². The second-order valence-electron chi connectivity index (χ2n) is 5.78. The van der Waals surface area contributed by atoms with Gasteiger partial charge in [0.15, 0.2) is 6.23 Å². The van der Waals surface area contributed by atoms with Gasteiger partial charge in [-0.2, -0.15) is 0 Å². The van der Waals surface area contributed by atoms with E-state index in [1.165, 1.54) is 12.7 Å². The maximum atomic E-state index is 11.9. The van der Waals surface area contributed by atoms with Crippen LogP contribution in [0.4, 0.5) is 5.69 Å². The van der Waals surface area contributed by atoms with Gasteiger partial charge in [-0.1, -0.05) is 18.2 Å². The van der Waals surface area contributed by atoms with Crippen molar-refractivity contribution in [2.45, 2.75) is 12.6 Å². The average molecular weight is 323 g/mol. The van der Waals surface area contributed by atoms with Crippen LogP contribution in [0, 0.1) is 0 Å². The van der Waals surface area contributed by atoms with E-state index in [9.17, 15) is 9.90 Å². The highest BCUT2D eigenvalue weighted by Gasteiger charge is 2.27. The number of nitrogens with one attached hydrogen (secondary N) is 1. The molecule has 4 rings (SSSR count). The van der Waals surface area contributed by atoms with Crippen LogP contribution in [0.3, 0.4) is 0 Å². The number of methoxy groups -OCH3 is 1. The van der Waals surface area contributed by atoms with E-state index in [2.05, 4.69) is 16.0 Å². The van der Waals surface area contributed by atoms with Crippen LogP contribution in [-0.2, 0) is 11.2 Å². The number of esters is 1. The number of fused-ring (bicyclic) bond motifs is 2. The molecular formula is C18H17N3O3. The molecular weight excluding hydrogens is 306 g/mol. The van der Waals surface area contributed by atoms with E-state index in [0.29, 0.717) is 22.3 Å². The molecule has 0 bridgehead atoms. The first-order chi connectivity index (χ1) is 11.7. The number of nitrogens with zero attached hydrogens (tertiary/aromatic N) is 2. The summed E-state index contributed by atoms with van der Waals surface area (Å²) in [6, 6.07) is 11.4. The zero-order valence-electron chi connectivity index (χ0n) is 13.2. The Hall–Kier alpha value is -2.86. The fourth-order valence-electron chi connectivity index (χ4n) is 3.25. The quantitative estimate of drug-likeness (QED) is 0.724. The van der Waals surface area contributed by atoms with Crippen molar-refractivity contribution < 1.29 is 14.6 Å². The van der Waals surface area contributed by atoms with Gasteiger partial charge in [0.1, 0.15) is 0 Å². The Labute approximate surface area is 138 Å². The van der Waals surface area contributed by atoms with Gasteiger partial charge in [-0.25, -0.2) is 4.79 Å². The zero-order chi connectivity index (χ0) is 16.7. The van der Waals surface area contributed by atoms with Crippen LogP contribution in [0.1, 0.15) is 27.8 Å². The van der Waals surface area contributed by atoms with Crippen molar-refractivity contribution in [3.63, 3.8) is 0 Å². The smallest absolute Gasteiger partial charge is 0.340 e. The summed E-state index contributed by atoms with van der Waals surface area (Å²) in [5, 5.41) is 10.8. The van der Waals surface area contributed by atoms with Crippen molar-refractivity contribution in [1.29, 1.82) is 0 Å². The number of aromatic nitrogens is 2. The van der Waals surface area contributed by atoms with Gasteiger partial charge < -0.3 is 19.7 Å². The summed E-state index contributed by atoms with van der Waals surface area (Å²) in [7, 11) is 1.34. The predicted octanol–water partition coefficient (Wildman–Crippen LogP) is 2.40. The fraction of sp³-hybridized carbons (Fsp3) is 0.222. The summed E-state index contributed by atoms with van der Waals surface area (Å²) < 4.78 is 4.80. The molecule has 3 aromatic rings. The minimum atomic E-state index is -0.826. The number of hydrogen-bond acceptors (Lipinski definition) is 5. The molecule has 1 aliphatic heterocycles. The van der Waals surface area contributed by atoms with E-state index in [-0.39, 0.29) is 0 Å². The first kappa shape index (κ1) is 14.7. The topological polar surface area (TPSA) is 78.5 Å². The lowest BCUT2D eigenvalue weighted by Gasteiger charge is -2.25. The largest absolute Gasteiger partial charge is 0.465 e. The highest BCUT2D eigenvalue weighted by molar-refractivity contribution is 6.01. The lowest BCUT2D eigenvalue weighted by molar-refractivity contribution is 0.0602. The highest BCUT2D eigenvalue weighted by Crippen LogP contribution is 2.34. The second kappa shape index (κ2) is 5.65. The summed E-state index contributed by atoms with van der Waals surface area (Å²) in [6.45, 7) is 0.743. The Balaban J connectivity index is 1.74. The van der Waals surface area contributed by atoms with E-state index in [1.807, 2.05) is 23.1 Å². The van der Waals surface area contributed by atoms with Gasteiger partial charge in [0.05, 0.1) is 29.4 Å². The number of pyridine rings is 1. The maximum absolute atomic E-state index is 11.9. The minimum absolute atomic E-state index is 0.405. The zero-order valence-corrected chi connectivity index (χ0v) is 13.2. The number of hydrogen-bond donors (Lipinski definition) is 2. The van der Waals surface area contributed by atoms with Crippen molar-refractivity contribution in [2.24, 2.45) is 0 Å². The molecule has 3 heterocycles. The van der Waals surface area contributed by atoms with Crippen LogP contribution in [0.15, 0.2) is 42.6 Å². The number of rotatable bonds is 3. The standard InChI is InChI=1S/C18H17N3O3/c1-24-18(23)12-6-8-19-13-10-14(20-16(12)13)17(22)21-9-7-11-4-2-3-5-15(11)21/h2-6,8,10,17,20,22H,7,9H2,1H3. The van der Waals surface area contributed by atoms with Crippen LogP contribution in [0.2, 0.25) is 0 Å². The molecule has 24 heavy (non-hydrogen) atoms. The predicted molar refractivity (Wildman–Crippen MR) is 89.9 cm³/mol. The molecule has 1 unspecified atom stereocenters. The highest BCUT2D eigenvalue weighted by atomic mass is 16.5. The summed E-state index contributed by atoms with van der Waals surface area (Å²) in [4.78, 5) is 21.2. The van der Waals surface area contributed by atoms with Crippen molar-refractivity contribution in [3.8, 4) is 0 Å². The third-order valence-electron chi connectivity index (χ3n) is 4.44. The first-order valence-electron chi connectivity index (χ1n) is 7.77. The molecule has 6 nitrogen and oxygen atoms in total. The Kier molecular flexibility index (Phi) is 3.46. The number of ether oxygens (including phenoxy) is 1. The molecule has 0 amide bonds. The van der Waals surface area contributed by atoms with Crippen molar-refractivity contribution in [2.75, 3.05) is 18.6 Å². The lowest BCUT2D eigenvalue weighted by Crippen LogP contribution is -2.26. The number of carbonyl (C=O) groups is 1. The van der Waals surface area contributed by atoms with Crippen molar-refractivity contribution in [3.05, 3.63) is 59.4 Å². The third kappa shape index (κ3) is 2.23. The number of anilines is 1. The van der Waals surface area contributed by atoms with Crippen molar-refractivity contribution in [1.82, 2.24) is 9.97 Å². The summed E-state index contributed by atoms with van der Waals surface area (Å²) in [5.74, 6) is -0.434.